The predicted octanol–water partition coefficient (Wildman–Crippen LogP) is 6.23. The smallest absolute Gasteiger partial charge is 0.0720 e. The molecule has 3 aromatic heterocycles. The van der Waals surface area contributed by atoms with Gasteiger partial charge in [-0.15, -0.1) is 0 Å². The van der Waals surface area contributed by atoms with E-state index in [1.807, 2.05) is 13.0 Å². The first kappa shape index (κ1) is 15.2. The third-order valence-corrected chi connectivity index (χ3v) is 5.18. The summed E-state index contributed by atoms with van der Waals surface area (Å²) < 4.78 is 2.34. The number of benzene rings is 2. The van der Waals surface area contributed by atoms with Crippen molar-refractivity contribution in [2.24, 2.45) is 0 Å². The first-order chi connectivity index (χ1) is 12.6. The van der Waals surface area contributed by atoms with Gasteiger partial charge in [0, 0.05) is 28.2 Å². The van der Waals surface area contributed by atoms with Crippen LogP contribution in [0.25, 0.3) is 38.4 Å². The van der Waals surface area contributed by atoms with Crippen molar-refractivity contribution in [2.75, 3.05) is 0 Å². The van der Waals surface area contributed by atoms with Crippen molar-refractivity contribution >= 4 is 27.2 Å². The molecule has 3 heterocycles. The molecule has 0 amide bonds. The van der Waals surface area contributed by atoms with E-state index in [0.717, 1.165) is 17.0 Å². The first-order valence-corrected chi connectivity index (χ1v) is 8.99. The number of aromatic nitrogens is 2. The van der Waals surface area contributed by atoms with Gasteiger partial charge in [0.1, 0.15) is 0 Å². The maximum absolute atomic E-state index is 4.72. The van der Waals surface area contributed by atoms with E-state index in [4.69, 9.17) is 4.98 Å². The Labute approximate surface area is 152 Å². The van der Waals surface area contributed by atoms with Crippen molar-refractivity contribution in [2.45, 2.75) is 20.8 Å². The molecule has 0 saturated carbocycles. The fourth-order valence-electron chi connectivity index (χ4n) is 4.13. The van der Waals surface area contributed by atoms with Crippen LogP contribution in [0.4, 0.5) is 0 Å². The second-order valence-electron chi connectivity index (χ2n) is 7.17. The van der Waals surface area contributed by atoms with Crippen LogP contribution in [0.3, 0.4) is 0 Å². The van der Waals surface area contributed by atoms with E-state index in [0.29, 0.717) is 0 Å². The zero-order chi connectivity index (χ0) is 17.8. The summed E-state index contributed by atoms with van der Waals surface area (Å²) in [6.45, 7) is 6.41. The molecule has 0 saturated heterocycles. The number of aryl methyl sites for hydroxylation is 3. The summed E-state index contributed by atoms with van der Waals surface area (Å²) in [7, 11) is 0. The van der Waals surface area contributed by atoms with E-state index in [-0.39, 0.29) is 0 Å². The lowest BCUT2D eigenvalue weighted by Crippen LogP contribution is -1.93. The average molecular weight is 336 g/mol. The molecule has 2 nitrogen and oxygen atoms in total. The molecule has 0 radical (unpaired) electrons. The minimum Gasteiger partial charge on any atom is -0.315 e. The topological polar surface area (TPSA) is 17.3 Å². The minimum absolute atomic E-state index is 1.02. The third kappa shape index (κ3) is 2.15. The molecule has 0 bridgehead atoms. The molecule has 0 aliphatic carbocycles. The van der Waals surface area contributed by atoms with Crippen LogP contribution in [-0.4, -0.2) is 9.38 Å². The molecule has 0 N–H and O–H groups in total. The highest BCUT2D eigenvalue weighted by Crippen LogP contribution is 2.34. The molecule has 26 heavy (non-hydrogen) atoms. The standard InChI is InChI=1S/C24H20N2/c1-15-11-16(2)24-21(12-15)19-8-4-5-9-20(19)23-13-18(14-26(23)24)22-10-6-7-17(3)25-22/h4-14H,1-3H3. The molecule has 5 aromatic rings. The van der Waals surface area contributed by atoms with Gasteiger partial charge >= 0.3 is 0 Å². The highest BCUT2D eigenvalue weighted by molar-refractivity contribution is 6.14. The summed E-state index contributed by atoms with van der Waals surface area (Å²) in [4.78, 5) is 4.72. The quantitative estimate of drug-likeness (QED) is 0.332. The Morgan fingerprint density at radius 3 is 2.38 bits per heavy atom. The van der Waals surface area contributed by atoms with Gasteiger partial charge in [-0.25, -0.2) is 0 Å². The van der Waals surface area contributed by atoms with E-state index in [9.17, 15) is 0 Å². The molecule has 0 fully saturated rings. The largest absolute Gasteiger partial charge is 0.315 e. The Kier molecular flexibility index (Phi) is 3.17. The number of hydrogen-bond acceptors (Lipinski definition) is 1. The van der Waals surface area contributed by atoms with Crippen LogP contribution in [0.5, 0.6) is 0 Å². The fraction of sp³-hybridized carbons (Fsp3) is 0.125. The van der Waals surface area contributed by atoms with Crippen LogP contribution >= 0.6 is 0 Å². The van der Waals surface area contributed by atoms with Crippen molar-refractivity contribution in [3.63, 3.8) is 0 Å². The normalized spacial score (nSPS) is 11.7. The molecule has 5 rings (SSSR count). The van der Waals surface area contributed by atoms with Gasteiger partial charge in [0.2, 0.25) is 0 Å². The number of fused-ring (bicyclic) bond motifs is 6. The van der Waals surface area contributed by atoms with Crippen LogP contribution in [0, 0.1) is 20.8 Å². The Hall–Kier alpha value is -3.13. The number of hydrogen-bond donors (Lipinski definition) is 0. The summed E-state index contributed by atoms with van der Waals surface area (Å²) in [6.07, 6.45) is 2.23. The summed E-state index contributed by atoms with van der Waals surface area (Å²) in [5.41, 5.74) is 8.34. The Balaban J connectivity index is 1.99. The maximum atomic E-state index is 4.72. The van der Waals surface area contributed by atoms with E-state index < -0.39 is 0 Å². The lowest BCUT2D eigenvalue weighted by molar-refractivity contribution is 1.20. The molecule has 0 spiro atoms. The van der Waals surface area contributed by atoms with Gasteiger partial charge in [0.05, 0.1) is 16.7 Å². The van der Waals surface area contributed by atoms with Crippen molar-refractivity contribution in [1.82, 2.24) is 9.38 Å². The molecule has 126 valence electrons. The fourth-order valence-corrected chi connectivity index (χ4v) is 4.13. The third-order valence-electron chi connectivity index (χ3n) is 5.18. The van der Waals surface area contributed by atoms with Gasteiger partial charge in [-0.2, -0.15) is 0 Å². The van der Waals surface area contributed by atoms with Gasteiger partial charge in [-0.1, -0.05) is 42.0 Å². The van der Waals surface area contributed by atoms with Crippen molar-refractivity contribution in [1.29, 1.82) is 0 Å². The van der Waals surface area contributed by atoms with E-state index in [2.05, 4.69) is 79.0 Å². The molecule has 0 aliphatic heterocycles. The van der Waals surface area contributed by atoms with Crippen LogP contribution in [0.1, 0.15) is 16.8 Å². The van der Waals surface area contributed by atoms with Crippen LogP contribution in [0.2, 0.25) is 0 Å². The van der Waals surface area contributed by atoms with Gasteiger partial charge in [-0.3, -0.25) is 4.98 Å². The number of pyridine rings is 2. The number of nitrogens with zero attached hydrogens (tertiary/aromatic N) is 2. The monoisotopic (exact) mass is 336 g/mol. The summed E-state index contributed by atoms with van der Waals surface area (Å²) in [5, 5.41) is 3.90. The zero-order valence-corrected chi connectivity index (χ0v) is 15.2. The van der Waals surface area contributed by atoms with Crippen molar-refractivity contribution < 1.29 is 0 Å². The second kappa shape index (κ2) is 5.43. The molecular formula is C24H20N2. The first-order valence-electron chi connectivity index (χ1n) is 8.99. The number of rotatable bonds is 1. The van der Waals surface area contributed by atoms with E-state index >= 15 is 0 Å². The molecule has 0 unspecified atom stereocenters. The van der Waals surface area contributed by atoms with E-state index in [1.54, 1.807) is 0 Å². The molecule has 0 atom stereocenters. The maximum Gasteiger partial charge on any atom is 0.0720 e. The van der Waals surface area contributed by atoms with Crippen LogP contribution in [-0.2, 0) is 0 Å². The Morgan fingerprint density at radius 2 is 1.58 bits per heavy atom. The van der Waals surface area contributed by atoms with Crippen LogP contribution < -0.4 is 0 Å². The average Bonchev–Trinajstić information content (AvgIpc) is 3.07. The SMILES string of the molecule is Cc1cc(C)c2c(c1)c1ccccc1c1cc(-c3cccc(C)n3)cn12. The second-order valence-corrected chi connectivity index (χ2v) is 7.17. The van der Waals surface area contributed by atoms with Gasteiger partial charge in [-0.05, 0) is 56.0 Å². The highest BCUT2D eigenvalue weighted by Gasteiger charge is 2.13. The predicted molar refractivity (Wildman–Crippen MR) is 110 cm³/mol. The van der Waals surface area contributed by atoms with Gasteiger partial charge in [0.25, 0.3) is 0 Å². The lowest BCUT2D eigenvalue weighted by atomic mass is 10.0. The van der Waals surface area contributed by atoms with Gasteiger partial charge in [0.15, 0.2) is 0 Å². The Bertz CT molecular complexity index is 1310. The van der Waals surface area contributed by atoms with E-state index in [1.165, 1.54) is 38.3 Å². The molecular weight excluding hydrogens is 316 g/mol. The molecule has 2 aromatic carbocycles. The summed E-state index contributed by atoms with van der Waals surface area (Å²) in [5.74, 6) is 0. The van der Waals surface area contributed by atoms with Crippen molar-refractivity contribution in [3.8, 4) is 11.3 Å². The summed E-state index contributed by atoms with van der Waals surface area (Å²) >= 11 is 0. The minimum atomic E-state index is 1.02. The van der Waals surface area contributed by atoms with Crippen LogP contribution in [0.15, 0.2) is 66.9 Å². The zero-order valence-electron chi connectivity index (χ0n) is 15.2. The molecule has 2 heteroatoms. The highest BCUT2D eigenvalue weighted by atomic mass is 14.9. The summed E-state index contributed by atoms with van der Waals surface area (Å²) in [6, 6.07) is 21.7. The lowest BCUT2D eigenvalue weighted by Gasteiger charge is -2.12. The molecule has 0 aliphatic rings. The van der Waals surface area contributed by atoms with Gasteiger partial charge < -0.3 is 4.40 Å². The van der Waals surface area contributed by atoms with Crippen molar-refractivity contribution in [3.05, 3.63) is 83.7 Å². The Morgan fingerprint density at radius 1 is 0.769 bits per heavy atom.